The summed E-state index contributed by atoms with van der Waals surface area (Å²) in [6.45, 7) is 2.01. The largest absolute Gasteiger partial charge is 0.379 e. The Kier molecular flexibility index (Phi) is 3.94. The molecule has 2 aromatic rings. The molecule has 1 fully saturated rings. The van der Waals surface area contributed by atoms with Gasteiger partial charge in [0.1, 0.15) is 11.3 Å². The molecule has 2 aromatic heterocycles. The third-order valence-electron chi connectivity index (χ3n) is 4.12. The number of fused-ring (bicyclic) bond motifs is 1. The predicted molar refractivity (Wildman–Crippen MR) is 80.4 cm³/mol. The average molecular weight is 294 g/mol. The van der Waals surface area contributed by atoms with Gasteiger partial charge in [-0.1, -0.05) is 0 Å². The lowest BCUT2D eigenvalue weighted by molar-refractivity contribution is 0.0751. The van der Waals surface area contributed by atoms with Crippen molar-refractivity contribution in [2.24, 2.45) is 0 Å². The lowest BCUT2D eigenvalue weighted by Gasteiger charge is -2.22. The highest BCUT2D eigenvalue weighted by Gasteiger charge is 2.31. The molecule has 0 aromatic carbocycles. The summed E-state index contributed by atoms with van der Waals surface area (Å²) in [5.41, 5.74) is 2.94. The number of ether oxygens (including phenoxy) is 1. The van der Waals surface area contributed by atoms with Crippen molar-refractivity contribution in [3.8, 4) is 0 Å². The number of nitrogens with zero attached hydrogens (tertiary/aromatic N) is 3. The summed E-state index contributed by atoms with van der Waals surface area (Å²) in [5, 5.41) is 0. The van der Waals surface area contributed by atoms with Gasteiger partial charge in [0.2, 0.25) is 0 Å². The minimum absolute atomic E-state index is 0.254. The molecule has 2 atom stereocenters. The number of aromatic nitrogens is 3. The van der Waals surface area contributed by atoms with E-state index in [1.807, 2.05) is 19.1 Å². The van der Waals surface area contributed by atoms with Gasteiger partial charge in [-0.2, -0.15) is 0 Å². The third-order valence-corrected chi connectivity index (χ3v) is 4.31. The summed E-state index contributed by atoms with van der Waals surface area (Å²) in [4.78, 5) is 9.41. The highest BCUT2D eigenvalue weighted by atomic mass is 35.5. The summed E-state index contributed by atoms with van der Waals surface area (Å²) >= 11 is 5.94. The van der Waals surface area contributed by atoms with Crippen LogP contribution in [0.25, 0.3) is 11.2 Å². The van der Waals surface area contributed by atoms with Crippen LogP contribution in [0.3, 0.4) is 0 Å². The first kappa shape index (κ1) is 13.8. The van der Waals surface area contributed by atoms with Crippen molar-refractivity contribution in [2.75, 3.05) is 13.0 Å². The Bertz CT molecular complexity index is 610. The number of pyridine rings is 1. The van der Waals surface area contributed by atoms with E-state index in [1.165, 1.54) is 6.42 Å². The lowest BCUT2D eigenvalue weighted by Crippen LogP contribution is -2.22. The first-order valence-electron chi connectivity index (χ1n) is 7.18. The third kappa shape index (κ3) is 2.31. The first-order valence-corrected chi connectivity index (χ1v) is 7.71. The van der Waals surface area contributed by atoms with E-state index in [-0.39, 0.29) is 6.10 Å². The van der Waals surface area contributed by atoms with Gasteiger partial charge in [-0.05, 0) is 38.3 Å². The summed E-state index contributed by atoms with van der Waals surface area (Å²) in [6.07, 6.45) is 4.43. The summed E-state index contributed by atoms with van der Waals surface area (Å²) < 4.78 is 7.92. The van der Waals surface area contributed by atoms with Crippen LogP contribution in [0.2, 0.25) is 0 Å². The van der Waals surface area contributed by atoms with Gasteiger partial charge in [-0.15, -0.1) is 11.6 Å². The molecule has 20 heavy (non-hydrogen) atoms. The van der Waals surface area contributed by atoms with Gasteiger partial charge < -0.3 is 9.30 Å². The van der Waals surface area contributed by atoms with Crippen LogP contribution < -0.4 is 0 Å². The topological polar surface area (TPSA) is 39.9 Å². The number of rotatable bonds is 4. The smallest absolute Gasteiger partial charge is 0.160 e. The number of halogens is 1. The van der Waals surface area contributed by atoms with Crippen LogP contribution >= 0.6 is 11.6 Å². The molecule has 0 saturated heterocycles. The van der Waals surface area contributed by atoms with Crippen molar-refractivity contribution in [3.05, 3.63) is 23.7 Å². The molecule has 2 heterocycles. The van der Waals surface area contributed by atoms with Crippen molar-refractivity contribution in [2.45, 2.75) is 44.8 Å². The monoisotopic (exact) mass is 293 g/mol. The summed E-state index contributed by atoms with van der Waals surface area (Å²) in [6, 6.07) is 4.38. The maximum Gasteiger partial charge on any atom is 0.160 e. The van der Waals surface area contributed by atoms with E-state index >= 15 is 0 Å². The van der Waals surface area contributed by atoms with Crippen molar-refractivity contribution in [1.82, 2.24) is 14.5 Å². The molecule has 2 unspecified atom stereocenters. The minimum atomic E-state index is 0.254. The normalized spacial score (nSPS) is 22.8. The van der Waals surface area contributed by atoms with Crippen LogP contribution in [0, 0.1) is 6.92 Å². The second-order valence-electron chi connectivity index (χ2n) is 5.40. The Labute approximate surface area is 124 Å². The number of alkyl halides is 1. The Balaban J connectivity index is 2.14. The second-order valence-corrected chi connectivity index (χ2v) is 5.78. The Morgan fingerprint density at radius 3 is 2.95 bits per heavy atom. The fraction of sp³-hybridized carbons (Fsp3) is 0.600. The van der Waals surface area contributed by atoms with Gasteiger partial charge in [0.15, 0.2) is 5.65 Å². The quantitative estimate of drug-likeness (QED) is 0.812. The zero-order valence-corrected chi connectivity index (χ0v) is 12.7. The molecule has 4 nitrogen and oxygen atoms in total. The molecule has 108 valence electrons. The van der Waals surface area contributed by atoms with Crippen LogP contribution in [0.15, 0.2) is 12.1 Å². The van der Waals surface area contributed by atoms with Crippen LogP contribution in [0.5, 0.6) is 0 Å². The van der Waals surface area contributed by atoms with Gasteiger partial charge in [0, 0.05) is 25.1 Å². The van der Waals surface area contributed by atoms with E-state index in [0.717, 1.165) is 41.9 Å². The van der Waals surface area contributed by atoms with Gasteiger partial charge in [0.05, 0.1) is 12.1 Å². The van der Waals surface area contributed by atoms with Crippen molar-refractivity contribution < 1.29 is 4.74 Å². The molecule has 0 spiro atoms. The standard InChI is InChI=1S/C15H20ClN3O/c1-10-6-7-11-15(17-10)19(14(18-11)8-9-16)12-4-3-5-13(12)20-2/h6-7,12-13H,3-5,8-9H2,1-2H3. The highest BCUT2D eigenvalue weighted by molar-refractivity contribution is 6.17. The highest BCUT2D eigenvalue weighted by Crippen LogP contribution is 2.35. The molecule has 0 N–H and O–H groups in total. The molecule has 1 aliphatic rings. The fourth-order valence-electron chi connectivity index (χ4n) is 3.20. The van der Waals surface area contributed by atoms with Gasteiger partial charge in [-0.3, -0.25) is 0 Å². The maximum atomic E-state index is 5.94. The maximum absolute atomic E-state index is 5.94. The van der Waals surface area contributed by atoms with Gasteiger partial charge in [0.25, 0.3) is 0 Å². The number of hydrogen-bond donors (Lipinski definition) is 0. The Hall–Kier alpha value is -1.13. The Morgan fingerprint density at radius 2 is 2.20 bits per heavy atom. The second kappa shape index (κ2) is 5.70. The van der Waals surface area contributed by atoms with E-state index < -0.39 is 0 Å². The number of aryl methyl sites for hydroxylation is 2. The number of methoxy groups -OCH3 is 1. The molecule has 3 rings (SSSR count). The molecule has 0 radical (unpaired) electrons. The molecule has 0 amide bonds. The van der Waals surface area contributed by atoms with Gasteiger partial charge >= 0.3 is 0 Å². The van der Waals surface area contributed by atoms with Crippen molar-refractivity contribution in [1.29, 1.82) is 0 Å². The molecular formula is C15H20ClN3O. The van der Waals surface area contributed by atoms with E-state index in [9.17, 15) is 0 Å². The van der Waals surface area contributed by atoms with E-state index in [2.05, 4.69) is 4.57 Å². The Morgan fingerprint density at radius 1 is 1.35 bits per heavy atom. The van der Waals surface area contributed by atoms with Crippen LogP contribution in [0.1, 0.15) is 36.8 Å². The number of hydrogen-bond acceptors (Lipinski definition) is 3. The lowest BCUT2D eigenvalue weighted by atomic mass is 10.2. The fourth-order valence-corrected chi connectivity index (χ4v) is 3.37. The molecule has 5 heteroatoms. The SMILES string of the molecule is COC1CCCC1n1c(CCCl)nc2ccc(C)nc21. The van der Waals surface area contributed by atoms with E-state index in [1.54, 1.807) is 7.11 Å². The first-order chi connectivity index (χ1) is 9.74. The molecule has 0 aliphatic heterocycles. The molecule has 0 bridgehead atoms. The van der Waals surface area contributed by atoms with Crippen LogP contribution in [-0.4, -0.2) is 33.6 Å². The number of imidazole rings is 1. The predicted octanol–water partition coefficient (Wildman–Crippen LogP) is 3.26. The van der Waals surface area contributed by atoms with Crippen LogP contribution in [0.4, 0.5) is 0 Å². The van der Waals surface area contributed by atoms with Crippen molar-refractivity contribution in [3.63, 3.8) is 0 Å². The molecule has 1 aliphatic carbocycles. The zero-order chi connectivity index (χ0) is 14.1. The molecular weight excluding hydrogens is 274 g/mol. The minimum Gasteiger partial charge on any atom is -0.379 e. The van der Waals surface area contributed by atoms with Gasteiger partial charge in [-0.25, -0.2) is 9.97 Å². The summed E-state index contributed by atoms with van der Waals surface area (Å²) in [5.74, 6) is 1.61. The average Bonchev–Trinajstić information content (AvgIpc) is 3.02. The van der Waals surface area contributed by atoms with Crippen molar-refractivity contribution >= 4 is 22.8 Å². The van der Waals surface area contributed by atoms with E-state index in [0.29, 0.717) is 11.9 Å². The molecule has 1 saturated carbocycles. The summed E-state index contributed by atoms with van der Waals surface area (Å²) in [7, 11) is 1.79. The van der Waals surface area contributed by atoms with E-state index in [4.69, 9.17) is 26.3 Å². The van der Waals surface area contributed by atoms with Crippen LogP contribution in [-0.2, 0) is 11.2 Å². The zero-order valence-electron chi connectivity index (χ0n) is 12.0.